The molecule has 0 atom stereocenters. The van der Waals surface area contributed by atoms with E-state index in [1.807, 2.05) is 0 Å². The third kappa shape index (κ3) is 1.52. The molecule has 0 saturated carbocycles. The SMILES string of the molecule is O=[N+]([O-])c1c(N(F)F)n[n+]([O-])n[n+]1[O-]. The van der Waals surface area contributed by atoms with E-state index in [-0.39, 0.29) is 0 Å². The summed E-state index contributed by atoms with van der Waals surface area (Å²) in [5, 5.41) is 33.9. The van der Waals surface area contributed by atoms with Crippen molar-refractivity contribution in [3.8, 4) is 0 Å². The minimum Gasteiger partial charge on any atom is -0.585 e. The predicted octanol–water partition coefficient (Wildman–Crippen LogP) is -1.77. The second-order valence-corrected chi connectivity index (χ2v) is 1.85. The normalized spacial score (nSPS) is 9.86. The average Bonchev–Trinajstić information content (AvgIpc) is 2.01. The molecule has 0 aliphatic rings. The zero-order valence-corrected chi connectivity index (χ0v) is 6.07. The number of hydrogen-bond donors (Lipinski definition) is 0. The van der Waals surface area contributed by atoms with Crippen LogP contribution >= 0.6 is 0 Å². The molecule has 0 radical (unpaired) electrons. The zero-order chi connectivity index (χ0) is 10.9. The summed E-state index contributed by atoms with van der Waals surface area (Å²) < 4.78 is 23.8. The number of rotatable bonds is 2. The van der Waals surface area contributed by atoms with E-state index < -0.39 is 31.7 Å². The molecule has 1 rings (SSSR count). The molecule has 1 aromatic heterocycles. The Morgan fingerprint density at radius 2 is 2.00 bits per heavy atom. The van der Waals surface area contributed by atoms with E-state index in [2.05, 4.69) is 10.3 Å². The molecule has 10 nitrogen and oxygen atoms in total. The molecule has 0 saturated heterocycles. The van der Waals surface area contributed by atoms with Crippen molar-refractivity contribution in [2.24, 2.45) is 0 Å². The Morgan fingerprint density at radius 3 is 2.43 bits per heavy atom. The second kappa shape index (κ2) is 3.15. The van der Waals surface area contributed by atoms with Crippen LogP contribution in [0, 0.1) is 20.5 Å². The van der Waals surface area contributed by atoms with E-state index in [1.54, 1.807) is 0 Å². The molecular weight excluding hydrogens is 210 g/mol. The molecule has 0 aliphatic heterocycles. The highest BCUT2D eigenvalue weighted by Crippen LogP contribution is 2.19. The number of hydrogen-bond acceptors (Lipinski definition) is 7. The van der Waals surface area contributed by atoms with Crippen LogP contribution in [0.4, 0.5) is 20.6 Å². The molecule has 0 fully saturated rings. The summed E-state index contributed by atoms with van der Waals surface area (Å²) in [5.41, 5.74) is 0. The fraction of sp³-hybridized carbons (Fsp3) is 0. The summed E-state index contributed by atoms with van der Waals surface area (Å²) in [6.07, 6.45) is 0. The van der Waals surface area contributed by atoms with Crippen LogP contribution in [-0.4, -0.2) is 15.2 Å². The first-order valence-corrected chi connectivity index (χ1v) is 2.81. The molecule has 76 valence electrons. The lowest BCUT2D eigenvalue weighted by atomic mass is 10.6. The number of anilines is 1. The highest BCUT2D eigenvalue weighted by Gasteiger charge is 2.39. The maximum atomic E-state index is 11.9. The molecule has 0 amide bonds. The van der Waals surface area contributed by atoms with Gasteiger partial charge < -0.3 is 10.4 Å². The summed E-state index contributed by atoms with van der Waals surface area (Å²) in [5.74, 6) is -3.32. The molecule has 0 aromatic carbocycles. The number of halogens is 2. The maximum absolute atomic E-state index is 11.9. The van der Waals surface area contributed by atoms with Crippen LogP contribution in [0.15, 0.2) is 0 Å². The Labute approximate surface area is 72.7 Å². The van der Waals surface area contributed by atoms with Crippen molar-refractivity contribution in [2.45, 2.75) is 0 Å². The van der Waals surface area contributed by atoms with Crippen molar-refractivity contribution in [1.82, 2.24) is 10.3 Å². The molecule has 0 bridgehead atoms. The van der Waals surface area contributed by atoms with Gasteiger partial charge in [-0.25, -0.2) is 0 Å². The lowest BCUT2D eigenvalue weighted by Crippen LogP contribution is -2.52. The number of aromatic nitrogens is 4. The lowest BCUT2D eigenvalue weighted by Gasteiger charge is -1.97. The Bertz CT molecular complexity index is 382. The molecule has 12 heteroatoms. The molecule has 0 unspecified atom stereocenters. The Balaban J connectivity index is 3.44. The fourth-order valence-electron chi connectivity index (χ4n) is 0.604. The first-order valence-electron chi connectivity index (χ1n) is 2.81. The number of nitrogens with zero attached hydrogens (tertiary/aromatic N) is 6. The molecule has 0 spiro atoms. The van der Waals surface area contributed by atoms with Gasteiger partial charge in [0.05, 0.1) is 9.94 Å². The second-order valence-electron chi connectivity index (χ2n) is 1.85. The summed E-state index contributed by atoms with van der Waals surface area (Å²) in [6, 6.07) is 0. The third-order valence-electron chi connectivity index (χ3n) is 1.05. The van der Waals surface area contributed by atoms with Gasteiger partial charge in [0.2, 0.25) is 0 Å². The van der Waals surface area contributed by atoms with Crippen molar-refractivity contribution in [3.05, 3.63) is 20.5 Å². The third-order valence-corrected chi connectivity index (χ3v) is 1.05. The van der Waals surface area contributed by atoms with Crippen LogP contribution in [0.2, 0.25) is 0 Å². The maximum Gasteiger partial charge on any atom is 0.598 e. The predicted molar refractivity (Wildman–Crippen MR) is 31.3 cm³/mol. The van der Waals surface area contributed by atoms with Crippen molar-refractivity contribution < 1.29 is 23.7 Å². The zero-order valence-electron chi connectivity index (χ0n) is 6.07. The fourth-order valence-corrected chi connectivity index (χ4v) is 0.604. The van der Waals surface area contributed by atoms with Crippen molar-refractivity contribution in [2.75, 3.05) is 5.34 Å². The monoisotopic (exact) mass is 210 g/mol. The largest absolute Gasteiger partial charge is 0.598 e. The smallest absolute Gasteiger partial charge is 0.585 e. The van der Waals surface area contributed by atoms with E-state index in [1.165, 1.54) is 0 Å². The van der Waals surface area contributed by atoms with Crippen LogP contribution in [0.25, 0.3) is 0 Å². The highest BCUT2D eigenvalue weighted by molar-refractivity contribution is 5.43. The van der Waals surface area contributed by atoms with Crippen molar-refractivity contribution in [1.29, 1.82) is 0 Å². The van der Waals surface area contributed by atoms with E-state index >= 15 is 0 Å². The van der Waals surface area contributed by atoms with Crippen LogP contribution < -0.4 is 15.1 Å². The van der Waals surface area contributed by atoms with Gasteiger partial charge >= 0.3 is 16.8 Å². The molecule has 0 N–H and O–H groups in total. The van der Waals surface area contributed by atoms with E-state index in [0.29, 0.717) is 0 Å². The standard InChI is InChI=1S/C2F2N6O4/c3-7(4)1-2(9(12)13)8(11)6-10(14)5-1. The van der Waals surface area contributed by atoms with Gasteiger partial charge in [0.15, 0.2) is 0 Å². The van der Waals surface area contributed by atoms with Crippen molar-refractivity contribution >= 4 is 11.6 Å². The minimum absolute atomic E-state index is 0.762. The van der Waals surface area contributed by atoms with Crippen molar-refractivity contribution in [3.63, 3.8) is 0 Å². The van der Waals surface area contributed by atoms with E-state index in [4.69, 9.17) is 0 Å². The van der Waals surface area contributed by atoms with Gasteiger partial charge in [0, 0.05) is 5.34 Å². The van der Waals surface area contributed by atoms with Gasteiger partial charge in [0.1, 0.15) is 9.88 Å². The summed E-state index contributed by atoms with van der Waals surface area (Å²) in [7, 11) is 0. The quantitative estimate of drug-likeness (QED) is 0.186. The summed E-state index contributed by atoms with van der Waals surface area (Å²) in [6.45, 7) is 0. The van der Waals surface area contributed by atoms with Crippen LogP contribution in [0.5, 0.6) is 0 Å². The Kier molecular flexibility index (Phi) is 2.18. The average molecular weight is 210 g/mol. The first-order chi connectivity index (χ1) is 6.43. The van der Waals surface area contributed by atoms with Crippen LogP contribution in [-0.2, 0) is 0 Å². The molecule has 1 aromatic rings. The Hall–Kier alpha value is -2.40. The molecular formula is C2F2N6O4. The molecule has 1 heterocycles. The molecule has 0 aliphatic carbocycles. The first kappa shape index (κ1) is 9.69. The molecule has 14 heavy (non-hydrogen) atoms. The summed E-state index contributed by atoms with van der Waals surface area (Å²) >= 11 is 0. The minimum atomic E-state index is -1.83. The highest BCUT2D eigenvalue weighted by atomic mass is 19.4. The van der Waals surface area contributed by atoms with Gasteiger partial charge in [-0.3, -0.25) is 10.1 Å². The van der Waals surface area contributed by atoms with Gasteiger partial charge in [-0.1, -0.05) is 8.96 Å². The topological polar surface area (TPSA) is 126 Å². The lowest BCUT2D eigenvalue weighted by molar-refractivity contribution is -0.884. The summed E-state index contributed by atoms with van der Waals surface area (Å²) in [4.78, 5) is 7.03. The number of nitro groups is 1. The van der Waals surface area contributed by atoms with Crippen LogP contribution in [0.1, 0.15) is 0 Å². The van der Waals surface area contributed by atoms with Gasteiger partial charge in [-0.15, -0.1) is 0 Å². The van der Waals surface area contributed by atoms with Gasteiger partial charge in [0.25, 0.3) is 0 Å². The van der Waals surface area contributed by atoms with E-state index in [0.717, 1.165) is 0 Å². The van der Waals surface area contributed by atoms with Crippen LogP contribution in [0.3, 0.4) is 0 Å². The van der Waals surface area contributed by atoms with Gasteiger partial charge in [-0.05, 0) is 0 Å². The van der Waals surface area contributed by atoms with Gasteiger partial charge in [-0.2, -0.15) is 0 Å². The van der Waals surface area contributed by atoms with E-state index in [9.17, 15) is 29.5 Å². The Morgan fingerprint density at radius 1 is 1.43 bits per heavy atom.